The Hall–Kier alpha value is -1.94. The van der Waals surface area contributed by atoms with Crippen molar-refractivity contribution in [3.8, 4) is 11.6 Å². The van der Waals surface area contributed by atoms with Crippen LogP contribution < -0.4 is 16.2 Å². The Morgan fingerprint density at radius 1 is 1.11 bits per heavy atom. The van der Waals surface area contributed by atoms with Crippen LogP contribution in [0.5, 0.6) is 11.6 Å². The lowest BCUT2D eigenvalue weighted by Gasteiger charge is -2.09. The number of ether oxygens (including phenoxy) is 1. The number of nitrogen functional groups attached to an aromatic ring is 2. The second-order valence-electron chi connectivity index (χ2n) is 4.10. The molecule has 0 bridgehead atoms. The largest absolute Gasteiger partial charge is 0.439 e. The van der Waals surface area contributed by atoms with Crippen molar-refractivity contribution < 1.29 is 4.74 Å². The molecule has 1 aromatic heterocycles. The van der Waals surface area contributed by atoms with Crippen molar-refractivity contribution in [2.75, 3.05) is 11.5 Å². The first kappa shape index (κ1) is 12.5. The molecule has 0 saturated carbocycles. The van der Waals surface area contributed by atoms with Crippen LogP contribution in [0.3, 0.4) is 0 Å². The smallest absolute Gasteiger partial charge is 0.221 e. The number of benzene rings is 1. The topological polar surface area (TPSA) is 74.2 Å². The average molecular weight is 264 g/mol. The van der Waals surface area contributed by atoms with E-state index in [1.165, 1.54) is 0 Å². The summed E-state index contributed by atoms with van der Waals surface area (Å²) in [5.41, 5.74) is 13.6. The van der Waals surface area contributed by atoms with E-state index in [4.69, 9.17) is 27.8 Å². The van der Waals surface area contributed by atoms with Gasteiger partial charge in [0, 0.05) is 11.1 Å². The van der Waals surface area contributed by atoms with Gasteiger partial charge in [0.15, 0.2) is 5.82 Å². The molecular weight excluding hydrogens is 250 g/mol. The van der Waals surface area contributed by atoms with E-state index in [1.54, 1.807) is 12.1 Å². The number of aromatic nitrogens is 1. The van der Waals surface area contributed by atoms with Gasteiger partial charge >= 0.3 is 0 Å². The molecule has 4 N–H and O–H groups in total. The van der Waals surface area contributed by atoms with Crippen LogP contribution in [0.25, 0.3) is 0 Å². The van der Waals surface area contributed by atoms with Crippen molar-refractivity contribution in [3.63, 3.8) is 0 Å². The van der Waals surface area contributed by atoms with Crippen LogP contribution in [0.4, 0.5) is 11.5 Å². The molecule has 0 radical (unpaired) electrons. The highest BCUT2D eigenvalue weighted by Gasteiger charge is 2.06. The fourth-order valence-corrected chi connectivity index (χ4v) is 1.72. The van der Waals surface area contributed by atoms with Gasteiger partial charge in [-0.3, -0.25) is 0 Å². The third kappa shape index (κ3) is 2.49. The first-order valence-corrected chi connectivity index (χ1v) is 5.82. The van der Waals surface area contributed by atoms with Crippen molar-refractivity contribution in [2.24, 2.45) is 0 Å². The fourth-order valence-electron chi connectivity index (χ4n) is 1.61. The summed E-state index contributed by atoms with van der Waals surface area (Å²) in [6.07, 6.45) is 0. The van der Waals surface area contributed by atoms with Gasteiger partial charge in [0.05, 0.1) is 5.69 Å². The van der Waals surface area contributed by atoms with Crippen molar-refractivity contribution in [2.45, 2.75) is 13.8 Å². The molecule has 1 aromatic carbocycles. The Labute approximate surface area is 111 Å². The zero-order valence-electron chi connectivity index (χ0n) is 10.2. The number of hydrogen-bond donors (Lipinski definition) is 2. The molecule has 2 rings (SSSR count). The minimum absolute atomic E-state index is 0.259. The summed E-state index contributed by atoms with van der Waals surface area (Å²) in [6, 6.07) is 7.03. The molecule has 0 fully saturated rings. The molecule has 0 aliphatic heterocycles. The summed E-state index contributed by atoms with van der Waals surface area (Å²) < 4.78 is 5.63. The number of anilines is 2. The molecule has 0 aliphatic carbocycles. The summed E-state index contributed by atoms with van der Waals surface area (Å²) in [4.78, 5) is 4.05. The third-order valence-electron chi connectivity index (χ3n) is 2.56. The zero-order chi connectivity index (χ0) is 13.3. The lowest BCUT2D eigenvalue weighted by molar-refractivity contribution is 0.463. The van der Waals surface area contributed by atoms with Gasteiger partial charge in [0.25, 0.3) is 0 Å². The molecule has 2 aromatic rings. The van der Waals surface area contributed by atoms with Crippen LogP contribution in [0.2, 0.25) is 5.02 Å². The Morgan fingerprint density at radius 3 is 2.28 bits per heavy atom. The van der Waals surface area contributed by atoms with Crippen LogP contribution in [-0.4, -0.2) is 4.98 Å². The average Bonchev–Trinajstić information content (AvgIpc) is 2.31. The number of aryl methyl sites for hydroxylation is 2. The van der Waals surface area contributed by atoms with Crippen LogP contribution >= 0.6 is 11.6 Å². The molecule has 5 heteroatoms. The Morgan fingerprint density at radius 2 is 1.72 bits per heavy atom. The number of hydrogen-bond acceptors (Lipinski definition) is 4. The minimum atomic E-state index is 0.259. The van der Waals surface area contributed by atoms with Gasteiger partial charge in [-0.2, -0.15) is 4.98 Å². The number of halogens is 1. The molecule has 18 heavy (non-hydrogen) atoms. The normalized spacial score (nSPS) is 10.4. The summed E-state index contributed by atoms with van der Waals surface area (Å²) in [5, 5.41) is 0.743. The maximum Gasteiger partial charge on any atom is 0.221 e. The first-order chi connectivity index (χ1) is 8.47. The number of rotatable bonds is 2. The van der Waals surface area contributed by atoms with E-state index in [1.807, 2.05) is 26.0 Å². The molecule has 0 amide bonds. The summed E-state index contributed by atoms with van der Waals surface area (Å²) >= 11 is 6.09. The van der Waals surface area contributed by atoms with Crippen LogP contribution in [0, 0.1) is 13.8 Å². The minimum Gasteiger partial charge on any atom is -0.439 e. The molecule has 0 saturated heterocycles. The highest BCUT2D eigenvalue weighted by molar-refractivity contribution is 6.32. The standard InChI is InChI=1S/C13H14ClN3O/c1-7-5-9(6-8(2)12(7)14)18-11-4-3-10(15)13(16)17-11/h3-6H,15H2,1-2H3,(H2,16,17). The lowest BCUT2D eigenvalue weighted by atomic mass is 10.1. The Bertz CT molecular complexity index is 576. The summed E-state index contributed by atoms with van der Waals surface area (Å²) in [7, 11) is 0. The van der Waals surface area contributed by atoms with E-state index in [2.05, 4.69) is 4.98 Å². The number of nitrogens with zero attached hydrogens (tertiary/aromatic N) is 1. The second kappa shape index (κ2) is 4.74. The quantitative estimate of drug-likeness (QED) is 0.872. The van der Waals surface area contributed by atoms with E-state index in [0.717, 1.165) is 16.1 Å². The van der Waals surface area contributed by atoms with Gasteiger partial charge < -0.3 is 16.2 Å². The van der Waals surface area contributed by atoms with Gasteiger partial charge in [0.1, 0.15) is 5.75 Å². The SMILES string of the molecule is Cc1cc(Oc2ccc(N)c(N)n2)cc(C)c1Cl. The molecule has 94 valence electrons. The number of nitrogens with two attached hydrogens (primary N) is 2. The molecule has 0 unspecified atom stereocenters. The van der Waals surface area contributed by atoms with E-state index < -0.39 is 0 Å². The van der Waals surface area contributed by atoms with E-state index in [-0.39, 0.29) is 5.82 Å². The van der Waals surface area contributed by atoms with Gasteiger partial charge in [-0.15, -0.1) is 0 Å². The van der Waals surface area contributed by atoms with Gasteiger partial charge in [-0.25, -0.2) is 0 Å². The van der Waals surface area contributed by atoms with Gasteiger partial charge in [-0.1, -0.05) is 11.6 Å². The summed E-state index contributed by atoms with van der Waals surface area (Å²) in [6.45, 7) is 3.85. The molecule has 1 heterocycles. The lowest BCUT2D eigenvalue weighted by Crippen LogP contribution is -1.99. The first-order valence-electron chi connectivity index (χ1n) is 5.44. The van der Waals surface area contributed by atoms with E-state index in [9.17, 15) is 0 Å². The predicted molar refractivity (Wildman–Crippen MR) is 74.1 cm³/mol. The highest BCUT2D eigenvalue weighted by Crippen LogP contribution is 2.29. The molecule has 0 aliphatic rings. The zero-order valence-corrected chi connectivity index (χ0v) is 11.0. The van der Waals surface area contributed by atoms with Crippen LogP contribution in [-0.2, 0) is 0 Å². The predicted octanol–water partition coefficient (Wildman–Crippen LogP) is 3.31. The fraction of sp³-hybridized carbons (Fsp3) is 0.154. The Kier molecular flexibility index (Phi) is 3.30. The van der Waals surface area contributed by atoms with Crippen molar-refractivity contribution in [1.82, 2.24) is 4.98 Å². The second-order valence-corrected chi connectivity index (χ2v) is 4.48. The maximum atomic E-state index is 6.09. The maximum absolute atomic E-state index is 6.09. The van der Waals surface area contributed by atoms with Crippen molar-refractivity contribution >= 4 is 23.1 Å². The van der Waals surface area contributed by atoms with Crippen LogP contribution in [0.1, 0.15) is 11.1 Å². The monoisotopic (exact) mass is 263 g/mol. The number of pyridine rings is 1. The molecule has 0 spiro atoms. The van der Waals surface area contributed by atoms with Gasteiger partial charge in [-0.05, 0) is 43.2 Å². The third-order valence-corrected chi connectivity index (χ3v) is 3.16. The van der Waals surface area contributed by atoms with Crippen molar-refractivity contribution in [3.05, 3.63) is 40.4 Å². The van der Waals surface area contributed by atoms with E-state index >= 15 is 0 Å². The molecule has 4 nitrogen and oxygen atoms in total. The highest BCUT2D eigenvalue weighted by atomic mass is 35.5. The Balaban J connectivity index is 2.31. The molecular formula is C13H14ClN3O. The van der Waals surface area contributed by atoms with Crippen LogP contribution in [0.15, 0.2) is 24.3 Å². The van der Waals surface area contributed by atoms with E-state index in [0.29, 0.717) is 17.3 Å². The van der Waals surface area contributed by atoms with Crippen molar-refractivity contribution in [1.29, 1.82) is 0 Å². The molecule has 0 atom stereocenters. The summed E-state index contributed by atoms with van der Waals surface area (Å²) in [5.74, 6) is 1.34. The van der Waals surface area contributed by atoms with Gasteiger partial charge in [0.2, 0.25) is 5.88 Å².